The van der Waals surface area contributed by atoms with Gasteiger partial charge in [-0.2, -0.15) is 24.9 Å². The molecule has 0 N–H and O–H groups in total. The lowest BCUT2D eigenvalue weighted by molar-refractivity contribution is -0.144. The monoisotopic (exact) mass is 297 g/mol. The number of hydrogen-bond acceptors (Lipinski definition) is 4. The summed E-state index contributed by atoms with van der Waals surface area (Å²) in [7, 11) is 0. The van der Waals surface area contributed by atoms with Crippen molar-refractivity contribution >= 4 is 29.2 Å². The van der Waals surface area contributed by atoms with Crippen molar-refractivity contribution in [3.63, 3.8) is 0 Å². The molecular formula is C10H11ClF3N3S. The van der Waals surface area contributed by atoms with Gasteiger partial charge in [0.2, 0.25) is 5.82 Å². The molecule has 0 radical (unpaired) electrons. The predicted octanol–water partition coefficient (Wildman–Crippen LogP) is 3.09. The van der Waals surface area contributed by atoms with Gasteiger partial charge in [-0.15, -0.1) is 0 Å². The summed E-state index contributed by atoms with van der Waals surface area (Å²) < 4.78 is 37.8. The Balaban J connectivity index is 2.30. The van der Waals surface area contributed by atoms with E-state index in [4.69, 9.17) is 11.6 Å². The van der Waals surface area contributed by atoms with Gasteiger partial charge in [0.15, 0.2) is 0 Å². The van der Waals surface area contributed by atoms with Crippen molar-refractivity contribution in [3.05, 3.63) is 17.0 Å². The van der Waals surface area contributed by atoms with Crippen LogP contribution in [0.25, 0.3) is 0 Å². The fourth-order valence-corrected chi connectivity index (χ4v) is 2.91. The van der Waals surface area contributed by atoms with Crippen LogP contribution in [-0.2, 0) is 6.18 Å². The second kappa shape index (κ2) is 5.13. The summed E-state index contributed by atoms with van der Waals surface area (Å²) in [5.41, 5.74) is 0. The van der Waals surface area contributed by atoms with Crippen LogP contribution in [0, 0.1) is 0 Å². The lowest BCUT2D eigenvalue weighted by atomic mass is 10.3. The Morgan fingerprint density at radius 1 is 1.44 bits per heavy atom. The molecule has 0 aromatic carbocycles. The summed E-state index contributed by atoms with van der Waals surface area (Å²) in [6.45, 7) is 3.36. The van der Waals surface area contributed by atoms with Crippen molar-refractivity contribution < 1.29 is 13.2 Å². The molecule has 0 saturated carbocycles. The molecule has 1 unspecified atom stereocenters. The summed E-state index contributed by atoms with van der Waals surface area (Å²) in [6.07, 6.45) is -4.57. The average Bonchev–Trinajstić information content (AvgIpc) is 2.27. The van der Waals surface area contributed by atoms with Crippen molar-refractivity contribution in [1.29, 1.82) is 0 Å². The Labute approximate surface area is 112 Å². The number of nitrogens with zero attached hydrogens (tertiary/aromatic N) is 3. The van der Waals surface area contributed by atoms with Gasteiger partial charge in [-0.1, -0.05) is 18.5 Å². The number of rotatable bonds is 1. The van der Waals surface area contributed by atoms with Gasteiger partial charge in [0.1, 0.15) is 11.0 Å². The SMILES string of the molecule is CC1CN(c2cc(Cl)nc(C(F)(F)F)n2)CCS1. The number of hydrogen-bond donors (Lipinski definition) is 0. The number of aromatic nitrogens is 2. The van der Waals surface area contributed by atoms with E-state index in [0.29, 0.717) is 18.3 Å². The van der Waals surface area contributed by atoms with Gasteiger partial charge in [-0.3, -0.25) is 0 Å². The van der Waals surface area contributed by atoms with Crippen LogP contribution in [0.5, 0.6) is 0 Å². The van der Waals surface area contributed by atoms with Crippen LogP contribution in [0.4, 0.5) is 19.0 Å². The molecule has 1 fully saturated rings. The molecule has 0 spiro atoms. The van der Waals surface area contributed by atoms with Crippen molar-refractivity contribution in [2.45, 2.75) is 18.3 Å². The molecule has 1 atom stereocenters. The lowest BCUT2D eigenvalue weighted by Crippen LogP contribution is -2.37. The van der Waals surface area contributed by atoms with E-state index in [1.807, 2.05) is 11.8 Å². The highest BCUT2D eigenvalue weighted by atomic mass is 35.5. The van der Waals surface area contributed by atoms with Crippen LogP contribution in [0.3, 0.4) is 0 Å². The number of anilines is 1. The molecule has 2 rings (SSSR count). The molecule has 18 heavy (non-hydrogen) atoms. The number of thioether (sulfide) groups is 1. The van der Waals surface area contributed by atoms with Crippen LogP contribution in [0.15, 0.2) is 6.07 Å². The Hall–Kier alpha value is -0.690. The van der Waals surface area contributed by atoms with Crippen LogP contribution in [-0.4, -0.2) is 34.1 Å². The van der Waals surface area contributed by atoms with Gasteiger partial charge in [0.25, 0.3) is 0 Å². The smallest absolute Gasteiger partial charge is 0.355 e. The standard InChI is InChI=1S/C10H11ClF3N3S/c1-6-5-17(2-3-18-6)8-4-7(11)15-9(16-8)10(12,13)14/h4,6H,2-3,5H2,1H3. The zero-order chi connectivity index (χ0) is 13.3. The molecule has 100 valence electrons. The minimum Gasteiger partial charge on any atom is -0.355 e. The summed E-state index contributed by atoms with van der Waals surface area (Å²) in [5, 5.41) is 0.181. The van der Waals surface area contributed by atoms with Crippen LogP contribution < -0.4 is 4.90 Å². The van der Waals surface area contributed by atoms with E-state index in [0.717, 1.165) is 5.75 Å². The quantitative estimate of drug-likeness (QED) is 0.745. The average molecular weight is 298 g/mol. The van der Waals surface area contributed by atoms with Crippen LogP contribution >= 0.6 is 23.4 Å². The molecular weight excluding hydrogens is 287 g/mol. The fraction of sp³-hybridized carbons (Fsp3) is 0.600. The molecule has 0 bridgehead atoms. The zero-order valence-electron chi connectivity index (χ0n) is 9.54. The third-order valence-electron chi connectivity index (χ3n) is 2.50. The Morgan fingerprint density at radius 3 is 2.78 bits per heavy atom. The lowest BCUT2D eigenvalue weighted by Gasteiger charge is -2.31. The Bertz CT molecular complexity index is 441. The topological polar surface area (TPSA) is 29.0 Å². The highest BCUT2D eigenvalue weighted by Crippen LogP contribution is 2.30. The van der Waals surface area contributed by atoms with E-state index in [1.54, 1.807) is 11.8 Å². The van der Waals surface area contributed by atoms with Gasteiger partial charge in [0.05, 0.1) is 0 Å². The zero-order valence-corrected chi connectivity index (χ0v) is 11.1. The van der Waals surface area contributed by atoms with E-state index < -0.39 is 12.0 Å². The van der Waals surface area contributed by atoms with Crippen molar-refractivity contribution in [2.24, 2.45) is 0 Å². The third-order valence-corrected chi connectivity index (χ3v) is 3.83. The summed E-state index contributed by atoms with van der Waals surface area (Å²) in [6, 6.07) is 1.37. The summed E-state index contributed by atoms with van der Waals surface area (Å²) >= 11 is 7.42. The molecule has 3 nitrogen and oxygen atoms in total. The predicted molar refractivity (Wildman–Crippen MR) is 66.2 cm³/mol. The first-order valence-corrected chi connectivity index (χ1v) is 6.77. The third kappa shape index (κ3) is 3.20. The minimum absolute atomic E-state index is 0.182. The highest BCUT2D eigenvalue weighted by molar-refractivity contribution is 8.00. The van der Waals surface area contributed by atoms with E-state index in [2.05, 4.69) is 9.97 Å². The van der Waals surface area contributed by atoms with Crippen molar-refractivity contribution in [1.82, 2.24) is 9.97 Å². The molecule has 1 aromatic rings. The molecule has 0 amide bonds. The van der Waals surface area contributed by atoms with Gasteiger partial charge in [-0.05, 0) is 0 Å². The number of halogens is 4. The molecule has 8 heteroatoms. The first kappa shape index (κ1) is 13.7. The molecule has 0 aliphatic carbocycles. The normalized spacial score (nSPS) is 21.2. The maximum atomic E-state index is 12.6. The summed E-state index contributed by atoms with van der Waals surface area (Å²) in [4.78, 5) is 8.58. The first-order chi connectivity index (χ1) is 8.36. The van der Waals surface area contributed by atoms with E-state index in [-0.39, 0.29) is 11.0 Å². The fourth-order valence-electron chi connectivity index (χ4n) is 1.72. The molecule has 1 saturated heterocycles. The second-order valence-electron chi connectivity index (χ2n) is 4.00. The van der Waals surface area contributed by atoms with Crippen molar-refractivity contribution in [3.8, 4) is 0 Å². The molecule has 1 aromatic heterocycles. The van der Waals surface area contributed by atoms with Gasteiger partial charge < -0.3 is 4.90 Å². The number of alkyl halides is 3. The largest absolute Gasteiger partial charge is 0.451 e. The first-order valence-electron chi connectivity index (χ1n) is 5.34. The van der Waals surface area contributed by atoms with Gasteiger partial charge >= 0.3 is 6.18 Å². The van der Waals surface area contributed by atoms with E-state index in [9.17, 15) is 13.2 Å². The Kier molecular flexibility index (Phi) is 3.91. The summed E-state index contributed by atoms with van der Waals surface area (Å²) in [5.74, 6) is -0.0743. The van der Waals surface area contributed by atoms with Crippen LogP contribution in [0.2, 0.25) is 5.15 Å². The van der Waals surface area contributed by atoms with E-state index >= 15 is 0 Å². The Morgan fingerprint density at radius 2 is 2.17 bits per heavy atom. The van der Waals surface area contributed by atoms with Crippen LogP contribution in [0.1, 0.15) is 12.7 Å². The van der Waals surface area contributed by atoms with E-state index in [1.165, 1.54) is 6.07 Å². The van der Waals surface area contributed by atoms with Gasteiger partial charge in [-0.25, -0.2) is 9.97 Å². The second-order valence-corrected chi connectivity index (χ2v) is 5.93. The molecule has 1 aliphatic rings. The maximum Gasteiger partial charge on any atom is 0.451 e. The maximum absolute atomic E-state index is 12.6. The minimum atomic E-state index is -4.57. The molecule has 1 aliphatic heterocycles. The highest BCUT2D eigenvalue weighted by Gasteiger charge is 2.36. The van der Waals surface area contributed by atoms with Crippen molar-refractivity contribution in [2.75, 3.05) is 23.7 Å². The van der Waals surface area contributed by atoms with Gasteiger partial charge in [0, 0.05) is 30.2 Å². The molecule has 2 heterocycles.